The average molecular weight is 438 g/mol. The average Bonchev–Trinajstić information content (AvgIpc) is 3.23. The summed E-state index contributed by atoms with van der Waals surface area (Å²) in [5, 5.41) is 2.71. The molecule has 0 unspecified atom stereocenters. The normalized spacial score (nSPS) is 15.1. The number of hydrogen-bond acceptors (Lipinski definition) is 4. The van der Waals surface area contributed by atoms with Crippen LogP contribution in [0.25, 0.3) is 0 Å². The van der Waals surface area contributed by atoms with Crippen LogP contribution in [-0.4, -0.2) is 39.7 Å². The zero-order chi connectivity index (χ0) is 21.9. The summed E-state index contributed by atoms with van der Waals surface area (Å²) in [4.78, 5) is 14.9. The third-order valence-corrected chi connectivity index (χ3v) is 6.36. The largest absolute Gasteiger partial charge is 0.372 e. The van der Waals surface area contributed by atoms with Crippen molar-refractivity contribution in [2.45, 2.75) is 32.4 Å². The Bertz CT molecular complexity index is 1010. The predicted octanol–water partition coefficient (Wildman–Crippen LogP) is 3.04. The van der Waals surface area contributed by atoms with Crippen molar-refractivity contribution in [3.8, 4) is 0 Å². The SMILES string of the molecule is C[C@@H](C(=O)NCc1ccc(N2CCCC2)cc1)N(c1ccc(F)c(F)c1)S(C)(=O)=O. The first-order chi connectivity index (χ1) is 14.2. The van der Waals surface area contributed by atoms with Crippen LogP contribution >= 0.6 is 0 Å². The van der Waals surface area contributed by atoms with Crippen LogP contribution in [0, 0.1) is 11.6 Å². The number of rotatable bonds is 7. The Morgan fingerprint density at radius 2 is 1.73 bits per heavy atom. The molecule has 0 radical (unpaired) electrons. The van der Waals surface area contributed by atoms with E-state index >= 15 is 0 Å². The summed E-state index contributed by atoms with van der Waals surface area (Å²) in [6.07, 6.45) is 3.28. The Labute approximate surface area is 175 Å². The lowest BCUT2D eigenvalue weighted by molar-refractivity contribution is -0.122. The highest BCUT2D eigenvalue weighted by molar-refractivity contribution is 7.92. The van der Waals surface area contributed by atoms with Gasteiger partial charge >= 0.3 is 0 Å². The zero-order valence-electron chi connectivity index (χ0n) is 16.9. The summed E-state index contributed by atoms with van der Waals surface area (Å²) in [5.74, 6) is -2.83. The molecule has 0 spiro atoms. The standard InChI is InChI=1S/C21H25F2N3O3S/c1-15(26(30(2,28)29)18-9-10-19(22)20(23)13-18)21(27)24-14-16-5-7-17(8-6-16)25-11-3-4-12-25/h5-10,13,15H,3-4,11-12,14H2,1-2H3,(H,24,27)/t15-/m0/s1. The van der Waals surface area contributed by atoms with Crippen LogP contribution in [-0.2, 0) is 21.4 Å². The molecule has 162 valence electrons. The second-order valence-electron chi connectivity index (χ2n) is 7.41. The van der Waals surface area contributed by atoms with Crippen LogP contribution in [0.15, 0.2) is 42.5 Å². The molecular formula is C21H25F2N3O3S. The Balaban J connectivity index is 1.68. The number of benzene rings is 2. The molecule has 1 N–H and O–H groups in total. The first kappa shape index (κ1) is 22.0. The number of carbonyl (C=O) groups is 1. The summed E-state index contributed by atoms with van der Waals surface area (Å²) >= 11 is 0. The van der Waals surface area contributed by atoms with Gasteiger partial charge in [0, 0.05) is 31.4 Å². The van der Waals surface area contributed by atoms with Crippen LogP contribution < -0.4 is 14.5 Å². The molecule has 1 aliphatic heterocycles. The molecule has 1 fully saturated rings. The van der Waals surface area contributed by atoms with E-state index in [1.54, 1.807) is 0 Å². The first-order valence-electron chi connectivity index (χ1n) is 9.73. The minimum atomic E-state index is -3.91. The van der Waals surface area contributed by atoms with Crippen molar-refractivity contribution < 1.29 is 22.0 Å². The quantitative estimate of drug-likeness (QED) is 0.723. The van der Waals surface area contributed by atoms with E-state index in [1.807, 2.05) is 24.3 Å². The topological polar surface area (TPSA) is 69.7 Å². The number of nitrogens with zero attached hydrogens (tertiary/aromatic N) is 2. The molecule has 6 nitrogen and oxygen atoms in total. The Morgan fingerprint density at radius 1 is 1.10 bits per heavy atom. The van der Waals surface area contributed by atoms with Crippen molar-refractivity contribution in [3.63, 3.8) is 0 Å². The van der Waals surface area contributed by atoms with Gasteiger partial charge in [0.2, 0.25) is 15.9 Å². The fourth-order valence-electron chi connectivity index (χ4n) is 3.57. The number of sulfonamides is 1. The van der Waals surface area contributed by atoms with Crippen molar-refractivity contribution in [2.75, 3.05) is 28.6 Å². The minimum absolute atomic E-state index is 0.117. The van der Waals surface area contributed by atoms with Crippen molar-refractivity contribution in [1.82, 2.24) is 5.32 Å². The summed E-state index contributed by atoms with van der Waals surface area (Å²) in [6.45, 7) is 3.70. The molecule has 1 saturated heterocycles. The molecule has 0 bridgehead atoms. The second-order valence-corrected chi connectivity index (χ2v) is 9.27. The third kappa shape index (κ3) is 5.08. The molecule has 0 saturated carbocycles. The van der Waals surface area contributed by atoms with Crippen LogP contribution in [0.2, 0.25) is 0 Å². The first-order valence-corrected chi connectivity index (χ1v) is 11.6. The van der Waals surface area contributed by atoms with E-state index in [1.165, 1.54) is 19.8 Å². The second kappa shape index (κ2) is 8.99. The third-order valence-electron chi connectivity index (χ3n) is 5.12. The summed E-state index contributed by atoms with van der Waals surface area (Å²) in [5.41, 5.74) is 1.89. The van der Waals surface area contributed by atoms with E-state index in [-0.39, 0.29) is 12.2 Å². The highest BCUT2D eigenvalue weighted by Crippen LogP contribution is 2.23. The molecule has 2 aromatic rings. The van der Waals surface area contributed by atoms with Gasteiger partial charge in [-0.1, -0.05) is 12.1 Å². The minimum Gasteiger partial charge on any atom is -0.372 e. The lowest BCUT2D eigenvalue weighted by Crippen LogP contribution is -2.47. The molecule has 9 heteroatoms. The summed E-state index contributed by atoms with van der Waals surface area (Å²) in [7, 11) is -3.91. The number of amides is 1. The smallest absolute Gasteiger partial charge is 0.243 e. The van der Waals surface area contributed by atoms with Crippen molar-refractivity contribution in [1.29, 1.82) is 0 Å². The van der Waals surface area contributed by atoms with Gasteiger partial charge in [-0.05, 0) is 49.6 Å². The molecular weight excluding hydrogens is 412 g/mol. The van der Waals surface area contributed by atoms with Gasteiger partial charge in [0.15, 0.2) is 11.6 Å². The predicted molar refractivity (Wildman–Crippen MR) is 113 cm³/mol. The number of hydrogen-bond donors (Lipinski definition) is 1. The van der Waals surface area contributed by atoms with Gasteiger partial charge in [0.25, 0.3) is 0 Å². The highest BCUT2D eigenvalue weighted by Gasteiger charge is 2.29. The lowest BCUT2D eigenvalue weighted by atomic mass is 10.2. The summed E-state index contributed by atoms with van der Waals surface area (Å²) in [6, 6.07) is 9.41. The van der Waals surface area contributed by atoms with Gasteiger partial charge < -0.3 is 10.2 Å². The van der Waals surface area contributed by atoms with E-state index in [0.29, 0.717) is 0 Å². The van der Waals surface area contributed by atoms with E-state index in [9.17, 15) is 22.0 Å². The molecule has 1 atom stereocenters. The monoisotopic (exact) mass is 437 g/mol. The maximum atomic E-state index is 13.6. The molecule has 0 aromatic heterocycles. The van der Waals surface area contributed by atoms with Gasteiger partial charge in [-0.3, -0.25) is 9.10 Å². The molecule has 2 aromatic carbocycles. The molecule has 3 rings (SSSR count). The number of halogens is 2. The maximum Gasteiger partial charge on any atom is 0.243 e. The number of nitrogens with one attached hydrogen (secondary N) is 1. The Kier molecular flexibility index (Phi) is 6.60. The number of anilines is 2. The highest BCUT2D eigenvalue weighted by atomic mass is 32.2. The van der Waals surface area contributed by atoms with Gasteiger partial charge in [0.05, 0.1) is 11.9 Å². The molecule has 30 heavy (non-hydrogen) atoms. The number of carbonyl (C=O) groups excluding carboxylic acids is 1. The molecule has 1 amide bonds. The van der Waals surface area contributed by atoms with Crippen LogP contribution in [0.1, 0.15) is 25.3 Å². The van der Waals surface area contributed by atoms with Crippen molar-refractivity contribution >= 4 is 27.3 Å². The van der Waals surface area contributed by atoms with Gasteiger partial charge in [0.1, 0.15) is 6.04 Å². The van der Waals surface area contributed by atoms with Gasteiger partial charge in [-0.2, -0.15) is 0 Å². The van der Waals surface area contributed by atoms with E-state index < -0.39 is 33.6 Å². The molecule has 1 heterocycles. The fourth-order valence-corrected chi connectivity index (χ4v) is 4.73. The molecule has 0 aliphatic carbocycles. The van der Waals surface area contributed by atoms with Crippen LogP contribution in [0.3, 0.4) is 0 Å². The van der Waals surface area contributed by atoms with Crippen molar-refractivity contribution in [2.24, 2.45) is 0 Å². The van der Waals surface area contributed by atoms with Gasteiger partial charge in [-0.15, -0.1) is 0 Å². The summed E-state index contributed by atoms with van der Waals surface area (Å²) < 4.78 is 52.1. The van der Waals surface area contributed by atoms with Crippen LogP contribution in [0.4, 0.5) is 20.2 Å². The van der Waals surface area contributed by atoms with E-state index in [0.717, 1.165) is 53.1 Å². The van der Waals surface area contributed by atoms with E-state index in [2.05, 4.69) is 10.2 Å². The van der Waals surface area contributed by atoms with E-state index in [4.69, 9.17) is 0 Å². The zero-order valence-corrected chi connectivity index (χ0v) is 17.8. The molecule has 1 aliphatic rings. The van der Waals surface area contributed by atoms with Gasteiger partial charge in [-0.25, -0.2) is 17.2 Å². The fraction of sp³-hybridized carbons (Fsp3) is 0.381. The van der Waals surface area contributed by atoms with Crippen molar-refractivity contribution in [3.05, 3.63) is 59.7 Å². The maximum absolute atomic E-state index is 13.6. The lowest BCUT2D eigenvalue weighted by Gasteiger charge is -2.28. The Morgan fingerprint density at radius 3 is 2.30 bits per heavy atom. The van der Waals surface area contributed by atoms with Crippen LogP contribution in [0.5, 0.6) is 0 Å². The Hall–Kier alpha value is -2.68.